The van der Waals surface area contributed by atoms with Crippen LogP contribution in [-0.4, -0.2) is 13.1 Å². The molecule has 0 unspecified atom stereocenters. The number of furan rings is 1. The Bertz CT molecular complexity index is 637. The molecular formula is C14H15FN2O3. The van der Waals surface area contributed by atoms with E-state index in [-0.39, 0.29) is 16.9 Å². The van der Waals surface area contributed by atoms with E-state index in [9.17, 15) is 9.18 Å². The summed E-state index contributed by atoms with van der Waals surface area (Å²) in [5.74, 6) is 0.283. The summed E-state index contributed by atoms with van der Waals surface area (Å²) >= 11 is 0. The minimum Gasteiger partial charge on any atom is -0.465 e. The third kappa shape index (κ3) is 2.90. The maximum atomic E-state index is 13.8. The first-order valence-electron chi connectivity index (χ1n) is 5.97. The molecule has 2 aromatic rings. The van der Waals surface area contributed by atoms with Gasteiger partial charge in [0.05, 0.1) is 24.9 Å². The second kappa shape index (κ2) is 5.64. The van der Waals surface area contributed by atoms with Crippen LogP contribution in [0.5, 0.6) is 0 Å². The van der Waals surface area contributed by atoms with Crippen LogP contribution < -0.4 is 11.1 Å². The lowest BCUT2D eigenvalue weighted by Crippen LogP contribution is -2.09. The van der Waals surface area contributed by atoms with Crippen LogP contribution in [0.1, 0.15) is 21.9 Å². The number of benzene rings is 1. The number of halogens is 1. The van der Waals surface area contributed by atoms with E-state index in [1.54, 1.807) is 6.07 Å². The molecule has 3 N–H and O–H groups in total. The standard InChI is InChI=1S/C14H15FN2O3/c1-8-3-4-9(20-8)7-17-13-5-10(14(18)19-2)12(16)6-11(13)15/h3-6,17H,7,16H2,1-2H3. The number of rotatable bonds is 4. The largest absolute Gasteiger partial charge is 0.465 e. The summed E-state index contributed by atoms with van der Waals surface area (Å²) in [5.41, 5.74) is 5.90. The van der Waals surface area contributed by atoms with Crippen LogP contribution in [0.15, 0.2) is 28.7 Å². The molecule has 1 aromatic heterocycles. The van der Waals surface area contributed by atoms with E-state index in [0.29, 0.717) is 12.3 Å². The minimum atomic E-state index is -0.612. The predicted octanol–water partition coefficient (Wildman–Crippen LogP) is 2.71. The topological polar surface area (TPSA) is 77.5 Å². The summed E-state index contributed by atoms with van der Waals surface area (Å²) in [4.78, 5) is 11.5. The van der Waals surface area contributed by atoms with E-state index in [4.69, 9.17) is 10.2 Å². The number of nitrogen functional groups attached to an aromatic ring is 1. The van der Waals surface area contributed by atoms with Gasteiger partial charge in [-0.05, 0) is 31.2 Å². The van der Waals surface area contributed by atoms with E-state index < -0.39 is 11.8 Å². The third-order valence-corrected chi connectivity index (χ3v) is 2.79. The molecular weight excluding hydrogens is 263 g/mol. The lowest BCUT2D eigenvalue weighted by Gasteiger charge is -2.10. The van der Waals surface area contributed by atoms with Crippen molar-refractivity contribution < 1.29 is 18.3 Å². The molecule has 2 rings (SSSR count). The van der Waals surface area contributed by atoms with Crippen LogP contribution in [0.4, 0.5) is 15.8 Å². The molecule has 0 fully saturated rings. The van der Waals surface area contributed by atoms with Crippen LogP contribution in [0.3, 0.4) is 0 Å². The van der Waals surface area contributed by atoms with Crippen molar-refractivity contribution in [3.63, 3.8) is 0 Å². The zero-order valence-corrected chi connectivity index (χ0v) is 11.2. The Balaban J connectivity index is 2.20. The molecule has 0 radical (unpaired) electrons. The number of hydrogen-bond acceptors (Lipinski definition) is 5. The van der Waals surface area contributed by atoms with Gasteiger partial charge in [-0.1, -0.05) is 0 Å². The number of carbonyl (C=O) groups excluding carboxylic acids is 1. The number of ether oxygens (including phenoxy) is 1. The number of aryl methyl sites for hydroxylation is 1. The molecule has 0 bridgehead atoms. The number of carbonyl (C=O) groups is 1. The van der Waals surface area contributed by atoms with E-state index >= 15 is 0 Å². The first-order chi connectivity index (χ1) is 9.51. The van der Waals surface area contributed by atoms with Crippen LogP contribution in [0.2, 0.25) is 0 Å². The maximum absolute atomic E-state index is 13.8. The number of nitrogens with one attached hydrogen (secondary N) is 1. The molecule has 0 saturated heterocycles. The fourth-order valence-corrected chi connectivity index (χ4v) is 1.77. The number of nitrogens with two attached hydrogens (primary N) is 1. The van der Waals surface area contributed by atoms with Crippen LogP contribution >= 0.6 is 0 Å². The molecule has 5 nitrogen and oxygen atoms in total. The second-order valence-corrected chi connectivity index (χ2v) is 4.28. The Kier molecular flexibility index (Phi) is 3.93. The number of anilines is 2. The third-order valence-electron chi connectivity index (χ3n) is 2.79. The molecule has 0 aliphatic carbocycles. The minimum absolute atomic E-state index is 0.0359. The molecule has 0 spiro atoms. The zero-order valence-electron chi connectivity index (χ0n) is 11.2. The Labute approximate surface area is 115 Å². The molecule has 1 aromatic carbocycles. The first-order valence-corrected chi connectivity index (χ1v) is 5.97. The van der Waals surface area contributed by atoms with Crippen molar-refractivity contribution in [3.05, 3.63) is 47.2 Å². The molecule has 0 aliphatic rings. The fraction of sp³-hybridized carbons (Fsp3) is 0.214. The smallest absolute Gasteiger partial charge is 0.340 e. The average molecular weight is 278 g/mol. The summed E-state index contributed by atoms with van der Waals surface area (Å²) in [6, 6.07) is 6.02. The molecule has 20 heavy (non-hydrogen) atoms. The number of hydrogen-bond donors (Lipinski definition) is 2. The van der Waals surface area contributed by atoms with Gasteiger partial charge in [0, 0.05) is 5.69 Å². The van der Waals surface area contributed by atoms with E-state index in [2.05, 4.69) is 10.1 Å². The van der Waals surface area contributed by atoms with Gasteiger partial charge < -0.3 is 20.2 Å². The van der Waals surface area contributed by atoms with Crippen LogP contribution in [-0.2, 0) is 11.3 Å². The number of methoxy groups -OCH3 is 1. The maximum Gasteiger partial charge on any atom is 0.340 e. The SMILES string of the molecule is COC(=O)c1cc(NCc2ccc(C)o2)c(F)cc1N. The Morgan fingerprint density at radius 3 is 2.80 bits per heavy atom. The monoisotopic (exact) mass is 278 g/mol. The fourth-order valence-electron chi connectivity index (χ4n) is 1.77. The Morgan fingerprint density at radius 1 is 1.45 bits per heavy atom. The summed E-state index contributed by atoms with van der Waals surface area (Å²) in [7, 11) is 1.24. The molecule has 0 aliphatic heterocycles. The van der Waals surface area contributed by atoms with Gasteiger partial charge in [-0.3, -0.25) is 0 Å². The highest BCUT2D eigenvalue weighted by Crippen LogP contribution is 2.23. The van der Waals surface area contributed by atoms with Gasteiger partial charge in [0.15, 0.2) is 0 Å². The van der Waals surface area contributed by atoms with Gasteiger partial charge in [0.1, 0.15) is 17.3 Å². The van der Waals surface area contributed by atoms with E-state index in [1.165, 1.54) is 13.2 Å². The molecule has 106 valence electrons. The molecule has 0 saturated carbocycles. The highest BCUT2D eigenvalue weighted by molar-refractivity contribution is 5.96. The van der Waals surface area contributed by atoms with Gasteiger partial charge in [-0.2, -0.15) is 0 Å². The van der Waals surface area contributed by atoms with Gasteiger partial charge in [-0.15, -0.1) is 0 Å². The Morgan fingerprint density at radius 2 is 2.20 bits per heavy atom. The molecule has 0 atom stereocenters. The van der Waals surface area contributed by atoms with Crippen LogP contribution in [0, 0.1) is 12.7 Å². The zero-order chi connectivity index (χ0) is 14.7. The quantitative estimate of drug-likeness (QED) is 0.664. The van der Waals surface area contributed by atoms with E-state index in [1.807, 2.05) is 13.0 Å². The van der Waals surface area contributed by atoms with Crippen molar-refractivity contribution in [2.45, 2.75) is 13.5 Å². The van der Waals surface area contributed by atoms with Gasteiger partial charge in [0.25, 0.3) is 0 Å². The Hall–Kier alpha value is -2.50. The second-order valence-electron chi connectivity index (χ2n) is 4.28. The molecule has 1 heterocycles. The molecule has 6 heteroatoms. The average Bonchev–Trinajstić information content (AvgIpc) is 2.83. The highest BCUT2D eigenvalue weighted by Gasteiger charge is 2.14. The summed E-state index contributed by atoms with van der Waals surface area (Å²) in [6.07, 6.45) is 0. The lowest BCUT2D eigenvalue weighted by atomic mass is 10.1. The normalized spacial score (nSPS) is 10.3. The van der Waals surface area contributed by atoms with Gasteiger partial charge in [-0.25, -0.2) is 9.18 Å². The van der Waals surface area contributed by atoms with Crippen molar-refractivity contribution in [1.82, 2.24) is 0 Å². The first kappa shape index (κ1) is 13.9. The summed E-state index contributed by atoms with van der Waals surface area (Å²) in [6.45, 7) is 2.12. The van der Waals surface area contributed by atoms with Crippen molar-refractivity contribution in [3.8, 4) is 0 Å². The van der Waals surface area contributed by atoms with Crippen molar-refractivity contribution in [2.24, 2.45) is 0 Å². The van der Waals surface area contributed by atoms with Crippen LogP contribution in [0.25, 0.3) is 0 Å². The molecule has 0 amide bonds. The van der Waals surface area contributed by atoms with Crippen molar-refractivity contribution in [2.75, 3.05) is 18.2 Å². The summed E-state index contributed by atoms with van der Waals surface area (Å²) < 4.78 is 23.7. The summed E-state index contributed by atoms with van der Waals surface area (Å²) in [5, 5.41) is 2.86. The number of esters is 1. The van der Waals surface area contributed by atoms with Gasteiger partial charge >= 0.3 is 5.97 Å². The van der Waals surface area contributed by atoms with Crippen molar-refractivity contribution >= 4 is 17.3 Å². The van der Waals surface area contributed by atoms with E-state index in [0.717, 1.165) is 11.8 Å². The van der Waals surface area contributed by atoms with Gasteiger partial charge in [0.2, 0.25) is 0 Å². The predicted molar refractivity (Wildman–Crippen MR) is 72.9 cm³/mol. The lowest BCUT2D eigenvalue weighted by molar-refractivity contribution is 0.0602. The highest BCUT2D eigenvalue weighted by atomic mass is 19.1. The van der Waals surface area contributed by atoms with Crippen molar-refractivity contribution in [1.29, 1.82) is 0 Å².